The topological polar surface area (TPSA) is 129 Å². The van der Waals surface area contributed by atoms with E-state index in [0.717, 1.165) is 22.4 Å². The van der Waals surface area contributed by atoms with Gasteiger partial charge in [-0.05, 0) is 30.5 Å². The molecular formula is C18H21N7O3S2. The zero-order chi connectivity index (χ0) is 21.5. The molecule has 158 valence electrons. The van der Waals surface area contributed by atoms with Gasteiger partial charge >= 0.3 is 0 Å². The van der Waals surface area contributed by atoms with Crippen molar-refractivity contribution in [2.24, 2.45) is 5.10 Å². The standard InChI is InChI=1S/C18H21N7O3S2/c1-11(15-5-4-8-29-15)21-22-17-23-24-18(25(17)19)30-10-16(26)20-13-7-6-12(27-2)9-14(13)28-3/h4-9H,10,19H2,1-3H3,(H,20,26)(H,22,23)/b21-11+. The van der Waals surface area contributed by atoms with Gasteiger partial charge in [0.05, 0.1) is 31.4 Å². The second kappa shape index (κ2) is 9.98. The number of amides is 1. The molecule has 2 aromatic heterocycles. The Hall–Kier alpha value is -3.25. The fraction of sp³-hybridized carbons (Fsp3) is 0.222. The molecule has 0 radical (unpaired) electrons. The number of nitrogens with two attached hydrogens (primary N) is 1. The van der Waals surface area contributed by atoms with Crippen LogP contribution in [0.5, 0.6) is 11.5 Å². The molecule has 12 heteroatoms. The van der Waals surface area contributed by atoms with Crippen LogP contribution < -0.4 is 26.1 Å². The van der Waals surface area contributed by atoms with Gasteiger partial charge in [0.25, 0.3) is 5.95 Å². The molecule has 0 unspecified atom stereocenters. The smallest absolute Gasteiger partial charge is 0.264 e. The van der Waals surface area contributed by atoms with Crippen LogP contribution in [0.2, 0.25) is 0 Å². The summed E-state index contributed by atoms with van der Waals surface area (Å²) in [4.78, 5) is 13.4. The summed E-state index contributed by atoms with van der Waals surface area (Å²) in [5.74, 6) is 7.24. The van der Waals surface area contributed by atoms with E-state index in [4.69, 9.17) is 15.3 Å². The van der Waals surface area contributed by atoms with E-state index < -0.39 is 0 Å². The Morgan fingerprint density at radius 3 is 2.83 bits per heavy atom. The fourth-order valence-electron chi connectivity index (χ4n) is 2.34. The van der Waals surface area contributed by atoms with Gasteiger partial charge in [0, 0.05) is 10.9 Å². The summed E-state index contributed by atoms with van der Waals surface area (Å²) in [7, 11) is 3.08. The Kier molecular flexibility index (Phi) is 7.14. The molecule has 0 bridgehead atoms. The van der Waals surface area contributed by atoms with E-state index in [0.29, 0.717) is 22.3 Å². The Morgan fingerprint density at radius 2 is 2.13 bits per heavy atom. The van der Waals surface area contributed by atoms with Crippen LogP contribution in [0.4, 0.5) is 11.6 Å². The van der Waals surface area contributed by atoms with Gasteiger partial charge in [-0.3, -0.25) is 4.79 Å². The molecule has 0 fully saturated rings. The lowest BCUT2D eigenvalue weighted by Crippen LogP contribution is -2.17. The van der Waals surface area contributed by atoms with E-state index in [9.17, 15) is 4.79 Å². The minimum absolute atomic E-state index is 0.0853. The van der Waals surface area contributed by atoms with Gasteiger partial charge in [0.1, 0.15) is 11.5 Å². The van der Waals surface area contributed by atoms with Crippen LogP contribution >= 0.6 is 23.1 Å². The lowest BCUT2D eigenvalue weighted by molar-refractivity contribution is -0.113. The third-order valence-corrected chi connectivity index (χ3v) is 5.80. The second-order valence-electron chi connectivity index (χ2n) is 5.87. The van der Waals surface area contributed by atoms with Crippen molar-refractivity contribution in [1.29, 1.82) is 0 Å². The molecule has 4 N–H and O–H groups in total. The number of thiophene rings is 1. The molecule has 0 spiro atoms. The number of ether oxygens (including phenoxy) is 2. The fourth-order valence-corrected chi connectivity index (χ4v) is 3.68. The first-order chi connectivity index (χ1) is 14.5. The molecule has 3 rings (SSSR count). The second-order valence-corrected chi connectivity index (χ2v) is 7.76. The summed E-state index contributed by atoms with van der Waals surface area (Å²) >= 11 is 2.73. The highest BCUT2D eigenvalue weighted by molar-refractivity contribution is 7.99. The Balaban J connectivity index is 1.57. The number of methoxy groups -OCH3 is 2. The zero-order valence-electron chi connectivity index (χ0n) is 16.6. The average molecular weight is 448 g/mol. The largest absolute Gasteiger partial charge is 0.497 e. The van der Waals surface area contributed by atoms with Crippen molar-refractivity contribution in [3.63, 3.8) is 0 Å². The highest BCUT2D eigenvalue weighted by Crippen LogP contribution is 2.29. The number of benzene rings is 1. The number of rotatable bonds is 9. The van der Waals surface area contributed by atoms with Crippen LogP contribution in [-0.2, 0) is 4.79 Å². The maximum Gasteiger partial charge on any atom is 0.264 e. The molecular weight excluding hydrogens is 426 g/mol. The summed E-state index contributed by atoms with van der Waals surface area (Å²) in [6, 6.07) is 9.05. The van der Waals surface area contributed by atoms with Crippen molar-refractivity contribution in [3.05, 3.63) is 40.6 Å². The van der Waals surface area contributed by atoms with Gasteiger partial charge in [0.2, 0.25) is 11.1 Å². The molecule has 0 aliphatic heterocycles. The number of carbonyl (C=O) groups is 1. The average Bonchev–Trinajstić information content (AvgIpc) is 3.41. The highest BCUT2D eigenvalue weighted by atomic mass is 32.2. The van der Waals surface area contributed by atoms with E-state index in [2.05, 4.69) is 26.0 Å². The third-order valence-electron chi connectivity index (χ3n) is 3.88. The minimum atomic E-state index is -0.243. The maximum absolute atomic E-state index is 12.3. The van der Waals surface area contributed by atoms with E-state index in [1.54, 1.807) is 36.6 Å². The molecule has 1 aromatic carbocycles. The number of hydrogen-bond donors (Lipinski definition) is 3. The van der Waals surface area contributed by atoms with Gasteiger partial charge in [-0.2, -0.15) is 5.10 Å². The first-order valence-corrected chi connectivity index (χ1v) is 10.6. The maximum atomic E-state index is 12.3. The number of nitrogens with zero attached hydrogens (tertiary/aromatic N) is 4. The molecule has 1 amide bonds. The monoisotopic (exact) mass is 447 g/mol. The summed E-state index contributed by atoms with van der Waals surface area (Å²) < 4.78 is 11.7. The van der Waals surface area contributed by atoms with E-state index >= 15 is 0 Å². The number of hydrazone groups is 1. The number of hydrogen-bond acceptors (Lipinski definition) is 10. The van der Waals surface area contributed by atoms with Crippen molar-refractivity contribution in [2.75, 3.05) is 36.6 Å². The number of anilines is 2. The molecule has 3 aromatic rings. The summed E-state index contributed by atoms with van der Waals surface area (Å²) in [5, 5.41) is 17.3. The minimum Gasteiger partial charge on any atom is -0.497 e. The van der Waals surface area contributed by atoms with Crippen LogP contribution in [0.25, 0.3) is 0 Å². The number of nitrogens with one attached hydrogen (secondary N) is 2. The molecule has 0 aliphatic rings. The summed E-state index contributed by atoms with van der Waals surface area (Å²) in [6.45, 7) is 1.88. The first-order valence-electron chi connectivity index (χ1n) is 8.71. The summed E-state index contributed by atoms with van der Waals surface area (Å²) in [5.41, 5.74) is 4.13. The van der Waals surface area contributed by atoms with E-state index in [-0.39, 0.29) is 17.6 Å². The molecule has 0 saturated carbocycles. The summed E-state index contributed by atoms with van der Waals surface area (Å²) in [6.07, 6.45) is 0. The normalized spacial score (nSPS) is 11.2. The van der Waals surface area contributed by atoms with Gasteiger partial charge in [-0.15, -0.1) is 21.5 Å². The molecule has 2 heterocycles. The molecule has 0 saturated heterocycles. The van der Waals surface area contributed by atoms with Crippen LogP contribution in [-0.4, -0.2) is 46.5 Å². The van der Waals surface area contributed by atoms with Crippen LogP contribution in [0.1, 0.15) is 11.8 Å². The number of carbonyl (C=O) groups excluding carboxylic acids is 1. The molecule has 0 aliphatic carbocycles. The van der Waals surface area contributed by atoms with Gasteiger partial charge < -0.3 is 20.6 Å². The van der Waals surface area contributed by atoms with E-state index in [1.807, 2.05) is 24.4 Å². The highest BCUT2D eigenvalue weighted by Gasteiger charge is 2.14. The number of thioether (sulfide) groups is 1. The quantitative estimate of drug-likeness (QED) is 0.198. The van der Waals surface area contributed by atoms with E-state index in [1.165, 1.54) is 11.8 Å². The Bertz CT molecular complexity index is 1030. The SMILES string of the molecule is COc1ccc(NC(=O)CSc2nnc(N/N=C(\C)c3cccs3)n2N)c(OC)c1. The Morgan fingerprint density at radius 1 is 1.30 bits per heavy atom. The number of nitrogen functional groups attached to an aromatic ring is 1. The van der Waals surface area contributed by atoms with Gasteiger partial charge in [-0.1, -0.05) is 17.8 Å². The zero-order valence-corrected chi connectivity index (χ0v) is 18.2. The molecule has 10 nitrogen and oxygen atoms in total. The lowest BCUT2D eigenvalue weighted by Gasteiger charge is -2.11. The van der Waals surface area contributed by atoms with Crippen molar-refractivity contribution in [1.82, 2.24) is 14.9 Å². The van der Waals surface area contributed by atoms with Gasteiger partial charge in [0.15, 0.2) is 0 Å². The predicted octanol–water partition coefficient (Wildman–Crippen LogP) is 2.64. The van der Waals surface area contributed by atoms with Gasteiger partial charge in [-0.25, -0.2) is 10.1 Å². The predicted molar refractivity (Wildman–Crippen MR) is 119 cm³/mol. The van der Waals surface area contributed by atoms with Crippen molar-refractivity contribution in [2.45, 2.75) is 12.1 Å². The van der Waals surface area contributed by atoms with Crippen LogP contribution in [0.3, 0.4) is 0 Å². The van der Waals surface area contributed by atoms with Crippen molar-refractivity contribution >= 4 is 46.4 Å². The first kappa shape index (κ1) is 21.5. The molecule has 0 atom stereocenters. The lowest BCUT2D eigenvalue weighted by atomic mass is 10.2. The van der Waals surface area contributed by atoms with Crippen LogP contribution in [0.15, 0.2) is 46.0 Å². The Labute approximate surface area is 181 Å². The molecule has 30 heavy (non-hydrogen) atoms. The van der Waals surface area contributed by atoms with Crippen molar-refractivity contribution in [3.8, 4) is 11.5 Å². The number of aromatic nitrogens is 3. The van der Waals surface area contributed by atoms with Crippen LogP contribution in [0, 0.1) is 0 Å². The van der Waals surface area contributed by atoms with Crippen molar-refractivity contribution < 1.29 is 14.3 Å². The third kappa shape index (κ3) is 5.21.